The van der Waals surface area contributed by atoms with E-state index in [4.69, 9.17) is 14.5 Å². The third kappa shape index (κ3) is 5.04. The van der Waals surface area contributed by atoms with Gasteiger partial charge in [0.2, 0.25) is 0 Å². The number of rotatable bonds is 5. The molecule has 1 aliphatic carbocycles. The smallest absolute Gasteiger partial charge is 0.271 e. The summed E-state index contributed by atoms with van der Waals surface area (Å²) >= 11 is 4.94. The lowest BCUT2D eigenvalue weighted by atomic mass is 9.84. The lowest BCUT2D eigenvalue weighted by molar-refractivity contribution is 0.414. The van der Waals surface area contributed by atoms with E-state index in [2.05, 4.69) is 46.3 Å². The molecule has 1 atom stereocenters. The fourth-order valence-corrected chi connectivity index (χ4v) is 6.52. The van der Waals surface area contributed by atoms with Gasteiger partial charge in [0.05, 0.1) is 30.5 Å². The molecule has 0 radical (unpaired) electrons. The van der Waals surface area contributed by atoms with Crippen molar-refractivity contribution >= 4 is 39.4 Å². The van der Waals surface area contributed by atoms with Gasteiger partial charge in [0, 0.05) is 4.47 Å². The first kappa shape index (κ1) is 25.6. The molecule has 1 aromatic heterocycles. The number of hydrogen-bond acceptors (Lipinski definition) is 5. The van der Waals surface area contributed by atoms with Gasteiger partial charge in [-0.15, -0.1) is 0 Å². The van der Waals surface area contributed by atoms with Crippen LogP contribution in [-0.2, 0) is 0 Å². The minimum atomic E-state index is -0.214. The number of methoxy groups -OCH3 is 2. The van der Waals surface area contributed by atoms with E-state index in [1.807, 2.05) is 59.2 Å². The van der Waals surface area contributed by atoms with Crippen molar-refractivity contribution in [3.8, 4) is 11.5 Å². The van der Waals surface area contributed by atoms with Gasteiger partial charge >= 0.3 is 0 Å². The van der Waals surface area contributed by atoms with E-state index in [1.165, 1.54) is 22.5 Å². The largest absolute Gasteiger partial charge is 0.497 e. The molecule has 0 bridgehead atoms. The SMILES string of the molecule is COc1ccc(/C=C2\CCCC3=C2N=c2s/c(=C/c4ccc(Br)cc4)c(=O)n2C3c2ccc(OC)cc2)cc1. The van der Waals surface area contributed by atoms with Gasteiger partial charge in [-0.05, 0) is 95.6 Å². The Bertz CT molecular complexity index is 1760. The number of allylic oxidation sites excluding steroid dienone is 2. The zero-order valence-electron chi connectivity index (χ0n) is 21.7. The minimum absolute atomic E-state index is 0.0136. The first-order chi connectivity index (χ1) is 19.0. The highest BCUT2D eigenvalue weighted by Gasteiger charge is 2.32. The van der Waals surface area contributed by atoms with E-state index in [1.54, 1.807) is 14.2 Å². The van der Waals surface area contributed by atoms with Crippen molar-refractivity contribution in [3.63, 3.8) is 0 Å². The summed E-state index contributed by atoms with van der Waals surface area (Å²) in [5.41, 5.74) is 6.52. The summed E-state index contributed by atoms with van der Waals surface area (Å²) in [5.74, 6) is 1.62. The Kier molecular flexibility index (Phi) is 7.11. The second kappa shape index (κ2) is 10.8. The van der Waals surface area contributed by atoms with Crippen LogP contribution in [0.3, 0.4) is 0 Å². The monoisotopic (exact) mass is 598 g/mol. The van der Waals surface area contributed by atoms with E-state index in [0.717, 1.165) is 62.4 Å². The number of ether oxygens (including phenoxy) is 2. The average Bonchev–Trinajstić information content (AvgIpc) is 3.28. The molecule has 1 aliphatic heterocycles. The van der Waals surface area contributed by atoms with Gasteiger partial charge in [0.1, 0.15) is 11.5 Å². The van der Waals surface area contributed by atoms with Crippen molar-refractivity contribution < 1.29 is 9.47 Å². The molecule has 0 amide bonds. The maximum atomic E-state index is 13.9. The standard InChI is InChI=1S/C32H27BrN2O3S/c1-37-25-14-8-20(9-15-25)18-23-4-3-5-27-29(23)34-32-35(30(27)22-10-16-26(38-2)17-11-22)31(36)28(39-32)19-21-6-12-24(33)13-7-21/h6-19,30H,3-5H2,1-2H3/b23-18+,28-19+. The quantitative estimate of drug-likeness (QED) is 0.272. The highest BCUT2D eigenvalue weighted by atomic mass is 79.9. The van der Waals surface area contributed by atoms with Crippen LogP contribution >= 0.6 is 27.3 Å². The molecular formula is C32H27BrN2O3S. The maximum absolute atomic E-state index is 13.9. The lowest BCUT2D eigenvalue weighted by Crippen LogP contribution is -2.39. The maximum Gasteiger partial charge on any atom is 0.271 e. The van der Waals surface area contributed by atoms with Crippen LogP contribution in [0.2, 0.25) is 0 Å². The average molecular weight is 600 g/mol. The summed E-state index contributed by atoms with van der Waals surface area (Å²) in [5, 5.41) is 0. The van der Waals surface area contributed by atoms with Crippen LogP contribution < -0.4 is 24.4 Å². The van der Waals surface area contributed by atoms with Gasteiger partial charge in [0.25, 0.3) is 5.56 Å². The van der Waals surface area contributed by atoms with Crippen molar-refractivity contribution in [2.45, 2.75) is 25.3 Å². The van der Waals surface area contributed by atoms with Gasteiger partial charge < -0.3 is 9.47 Å². The zero-order chi connectivity index (χ0) is 26.9. The zero-order valence-corrected chi connectivity index (χ0v) is 24.1. The molecule has 0 spiro atoms. The Hall–Kier alpha value is -3.68. The van der Waals surface area contributed by atoms with Crippen LogP contribution in [-0.4, -0.2) is 18.8 Å². The molecule has 0 saturated heterocycles. The molecule has 2 aliphatic rings. The molecule has 4 aromatic rings. The summed E-state index contributed by atoms with van der Waals surface area (Å²) < 4.78 is 14.3. The van der Waals surface area contributed by atoms with Crippen LogP contribution in [0.25, 0.3) is 12.2 Å². The number of hydrogen-bond donors (Lipinski definition) is 0. The van der Waals surface area contributed by atoms with Gasteiger partial charge in [-0.3, -0.25) is 9.36 Å². The Morgan fingerprint density at radius 1 is 0.872 bits per heavy atom. The number of halogens is 1. The van der Waals surface area contributed by atoms with Crippen LogP contribution in [0.1, 0.15) is 42.0 Å². The van der Waals surface area contributed by atoms with Crippen molar-refractivity contribution in [2.75, 3.05) is 14.2 Å². The third-order valence-corrected chi connectivity index (χ3v) is 8.70. The molecule has 0 N–H and O–H groups in total. The normalized spacial score (nSPS) is 18.0. The van der Waals surface area contributed by atoms with E-state index < -0.39 is 0 Å². The molecule has 39 heavy (non-hydrogen) atoms. The third-order valence-electron chi connectivity index (χ3n) is 7.19. The molecule has 3 aromatic carbocycles. The molecule has 7 heteroatoms. The summed E-state index contributed by atoms with van der Waals surface area (Å²) in [7, 11) is 3.34. The first-order valence-electron chi connectivity index (χ1n) is 12.8. The molecule has 0 saturated carbocycles. The van der Waals surface area contributed by atoms with Gasteiger partial charge in [-0.25, -0.2) is 4.99 Å². The predicted octanol–water partition coefficient (Wildman–Crippen LogP) is 6.26. The lowest BCUT2D eigenvalue weighted by Gasteiger charge is -2.31. The number of aromatic nitrogens is 1. The van der Waals surface area contributed by atoms with Crippen molar-refractivity contribution in [2.24, 2.45) is 4.99 Å². The highest BCUT2D eigenvalue weighted by Crippen LogP contribution is 2.41. The minimum Gasteiger partial charge on any atom is -0.497 e. The molecule has 2 heterocycles. The fraction of sp³-hybridized carbons (Fsp3) is 0.188. The number of thiazole rings is 1. The predicted molar refractivity (Wildman–Crippen MR) is 160 cm³/mol. The second-order valence-electron chi connectivity index (χ2n) is 9.58. The summed E-state index contributed by atoms with van der Waals surface area (Å²) in [6, 6.07) is 23.9. The topological polar surface area (TPSA) is 52.8 Å². The van der Waals surface area contributed by atoms with Crippen LogP contribution in [0.15, 0.2) is 104 Å². The van der Waals surface area contributed by atoms with Crippen LogP contribution in [0, 0.1) is 0 Å². The molecule has 0 fully saturated rings. The van der Waals surface area contributed by atoms with E-state index >= 15 is 0 Å². The summed E-state index contributed by atoms with van der Waals surface area (Å²) in [6.45, 7) is 0. The van der Waals surface area contributed by atoms with Crippen molar-refractivity contribution in [3.05, 3.63) is 130 Å². The van der Waals surface area contributed by atoms with E-state index in [-0.39, 0.29) is 11.6 Å². The second-order valence-corrected chi connectivity index (χ2v) is 11.5. The van der Waals surface area contributed by atoms with Gasteiger partial charge in [-0.1, -0.05) is 63.7 Å². The highest BCUT2D eigenvalue weighted by molar-refractivity contribution is 9.10. The van der Waals surface area contributed by atoms with E-state index in [9.17, 15) is 4.79 Å². The van der Waals surface area contributed by atoms with Crippen LogP contribution in [0.4, 0.5) is 0 Å². The summed E-state index contributed by atoms with van der Waals surface area (Å²) in [4.78, 5) is 19.8. The number of benzene rings is 3. The van der Waals surface area contributed by atoms with Gasteiger partial charge in [-0.2, -0.15) is 0 Å². The molecule has 196 valence electrons. The number of nitrogens with zero attached hydrogens (tertiary/aromatic N) is 2. The van der Waals surface area contributed by atoms with Gasteiger partial charge in [0.15, 0.2) is 4.80 Å². The van der Waals surface area contributed by atoms with Crippen LogP contribution in [0.5, 0.6) is 11.5 Å². The fourth-order valence-electron chi connectivity index (χ4n) is 5.25. The Morgan fingerprint density at radius 3 is 2.15 bits per heavy atom. The van der Waals surface area contributed by atoms with Crippen molar-refractivity contribution in [1.29, 1.82) is 0 Å². The summed E-state index contributed by atoms with van der Waals surface area (Å²) in [6.07, 6.45) is 7.02. The molecule has 1 unspecified atom stereocenters. The Morgan fingerprint density at radius 2 is 1.49 bits per heavy atom. The Labute approximate surface area is 239 Å². The molecule has 6 rings (SSSR count). The van der Waals surface area contributed by atoms with E-state index in [0.29, 0.717) is 4.53 Å². The van der Waals surface area contributed by atoms with Crippen molar-refractivity contribution in [1.82, 2.24) is 4.57 Å². The molecule has 5 nitrogen and oxygen atoms in total. The first-order valence-corrected chi connectivity index (χ1v) is 14.4. The molecular weight excluding hydrogens is 572 g/mol. The Balaban J connectivity index is 1.54. The number of fused-ring (bicyclic) bond motifs is 1.